The first-order valence-corrected chi connectivity index (χ1v) is 22.4. The molecule has 0 heterocycles. The van der Waals surface area contributed by atoms with Crippen LogP contribution in [0, 0.1) is 20.8 Å². The molecule has 302 valence electrons. The van der Waals surface area contributed by atoms with E-state index >= 15 is 0 Å². The molecule has 7 aromatic carbocycles. The fourth-order valence-electron chi connectivity index (χ4n) is 8.39. The Morgan fingerprint density at radius 3 is 0.797 bits per heavy atom. The highest BCUT2D eigenvalue weighted by atomic mass is 31.2. The van der Waals surface area contributed by atoms with Crippen LogP contribution in [0.25, 0.3) is 0 Å². The maximum absolute atomic E-state index is 5.45. The van der Waals surface area contributed by atoms with Crippen molar-refractivity contribution in [3.05, 3.63) is 187 Å². The predicted molar refractivity (Wildman–Crippen MR) is 255 cm³/mol. The summed E-state index contributed by atoms with van der Waals surface area (Å²) in [6.07, 6.45) is 2.68. The quantitative estimate of drug-likeness (QED) is 0.0813. The molecule has 0 bridgehead atoms. The van der Waals surface area contributed by atoms with Crippen LogP contribution in [-0.4, -0.2) is 34.6 Å². The standard InChI is InChI=1S/C28H28O4P.C25H30B/c1-29-21-5-13-25(14-6-21)33(26-15-7-22(30-2)8-16-26,27-17-9-23(31-3)10-18-27)28-19-11-24(32-4)12-20-28;1-5-6-19-26(23-13-7-20(2)8-14-23,24-15-9-21(3)10-16-24)25-17-11-22(4)12-18-25/h5-20H,1-4H3;7-18H,5-6,19H2,1-4H3/q+1;-1. The first-order chi connectivity index (χ1) is 28.7. The SMILES string of the molecule is CCCC[B-](c1ccc(C)cc1)(c1ccc(C)cc1)c1ccc(C)cc1.COc1ccc([P+](c2ccc(OC)cc2)(c2ccc(OC)cc2)c2ccc(OC)cc2)cc1. The van der Waals surface area contributed by atoms with Crippen LogP contribution >= 0.6 is 7.26 Å². The van der Waals surface area contributed by atoms with Gasteiger partial charge in [0.15, 0.2) is 0 Å². The summed E-state index contributed by atoms with van der Waals surface area (Å²) in [5.41, 5.74) is 8.33. The Morgan fingerprint density at radius 1 is 0.356 bits per heavy atom. The van der Waals surface area contributed by atoms with Crippen molar-refractivity contribution in [1.29, 1.82) is 0 Å². The van der Waals surface area contributed by atoms with Gasteiger partial charge in [-0.2, -0.15) is 22.7 Å². The van der Waals surface area contributed by atoms with Crippen LogP contribution in [-0.2, 0) is 0 Å². The van der Waals surface area contributed by atoms with Gasteiger partial charge in [-0.3, -0.25) is 0 Å². The molecule has 59 heavy (non-hydrogen) atoms. The Labute approximate surface area is 353 Å². The van der Waals surface area contributed by atoms with Gasteiger partial charge < -0.3 is 18.9 Å². The summed E-state index contributed by atoms with van der Waals surface area (Å²) in [5, 5.41) is 4.90. The van der Waals surface area contributed by atoms with Crippen molar-refractivity contribution in [2.75, 3.05) is 28.4 Å². The van der Waals surface area contributed by atoms with E-state index in [1.807, 2.05) is 48.5 Å². The zero-order chi connectivity index (χ0) is 41.8. The van der Waals surface area contributed by atoms with Gasteiger partial charge in [-0.25, -0.2) is 0 Å². The lowest BCUT2D eigenvalue weighted by Gasteiger charge is -2.43. The van der Waals surface area contributed by atoms with Crippen LogP contribution in [0.5, 0.6) is 23.0 Å². The first-order valence-electron chi connectivity index (χ1n) is 20.6. The van der Waals surface area contributed by atoms with Crippen molar-refractivity contribution in [2.45, 2.75) is 46.9 Å². The van der Waals surface area contributed by atoms with Crippen molar-refractivity contribution in [3.63, 3.8) is 0 Å². The normalized spacial score (nSPS) is 11.3. The molecule has 0 spiro atoms. The summed E-state index contributed by atoms with van der Waals surface area (Å²) in [6, 6.07) is 61.3. The fourth-order valence-corrected chi connectivity index (χ4v) is 12.6. The van der Waals surface area contributed by atoms with Gasteiger partial charge in [0, 0.05) is 0 Å². The molecule has 0 saturated heterocycles. The van der Waals surface area contributed by atoms with E-state index in [1.54, 1.807) is 28.4 Å². The topological polar surface area (TPSA) is 36.9 Å². The van der Waals surface area contributed by atoms with Gasteiger partial charge in [-0.05, 0) is 118 Å². The number of methoxy groups -OCH3 is 4. The highest BCUT2D eigenvalue weighted by Crippen LogP contribution is 2.55. The number of aryl methyl sites for hydroxylation is 3. The largest absolute Gasteiger partial charge is 0.497 e. The third-order valence-corrected chi connectivity index (χ3v) is 16.1. The zero-order valence-corrected chi connectivity index (χ0v) is 36.8. The second-order valence-corrected chi connectivity index (χ2v) is 18.8. The molecule has 0 amide bonds. The molecule has 6 heteroatoms. The molecule has 0 unspecified atom stereocenters. The Morgan fingerprint density at radius 2 is 0.593 bits per heavy atom. The highest BCUT2D eigenvalue weighted by molar-refractivity contribution is 8.01. The number of hydrogen-bond donors (Lipinski definition) is 0. The molecule has 0 aliphatic rings. The van der Waals surface area contributed by atoms with Crippen molar-refractivity contribution in [1.82, 2.24) is 0 Å². The van der Waals surface area contributed by atoms with Crippen LogP contribution in [0.1, 0.15) is 36.5 Å². The average Bonchev–Trinajstić information content (AvgIpc) is 3.29. The minimum absolute atomic E-state index is 0.830. The molecule has 4 nitrogen and oxygen atoms in total. The Bertz CT molecular complexity index is 2030. The van der Waals surface area contributed by atoms with Crippen molar-refractivity contribution in [3.8, 4) is 23.0 Å². The van der Waals surface area contributed by atoms with Crippen molar-refractivity contribution >= 4 is 51.0 Å². The smallest absolute Gasteiger partial charge is 0.144 e. The lowest BCUT2D eigenvalue weighted by Crippen LogP contribution is -2.67. The first kappa shape index (κ1) is 42.8. The van der Waals surface area contributed by atoms with Gasteiger partial charge in [-0.1, -0.05) is 109 Å². The molecule has 0 aliphatic heterocycles. The monoisotopic (exact) mass is 800 g/mol. The number of rotatable bonds is 14. The lowest BCUT2D eigenvalue weighted by molar-refractivity contribution is 0.415. The molecule has 0 aromatic heterocycles. The number of hydrogen-bond acceptors (Lipinski definition) is 4. The summed E-state index contributed by atoms with van der Waals surface area (Å²) >= 11 is 0. The van der Waals surface area contributed by atoms with E-state index in [4.69, 9.17) is 18.9 Å². The molecule has 0 aliphatic carbocycles. The molecule has 0 atom stereocenters. The molecule has 0 fully saturated rings. The van der Waals surface area contributed by atoms with Crippen LogP contribution in [0.15, 0.2) is 170 Å². The maximum atomic E-state index is 5.45. The van der Waals surface area contributed by atoms with E-state index in [0.717, 1.165) is 23.0 Å². The van der Waals surface area contributed by atoms with E-state index in [2.05, 4.69) is 149 Å². The zero-order valence-electron chi connectivity index (χ0n) is 35.9. The number of unbranched alkanes of at least 4 members (excludes halogenated alkanes) is 1. The summed E-state index contributed by atoms with van der Waals surface area (Å²) in [7, 11) is 4.50. The maximum Gasteiger partial charge on any atom is 0.144 e. The van der Waals surface area contributed by atoms with Crippen molar-refractivity contribution in [2.24, 2.45) is 0 Å². The van der Waals surface area contributed by atoms with E-state index in [0.29, 0.717) is 0 Å². The average molecular weight is 801 g/mol. The van der Waals surface area contributed by atoms with Crippen LogP contribution < -0.4 is 56.6 Å². The van der Waals surface area contributed by atoms with Gasteiger partial charge in [0.2, 0.25) is 0 Å². The van der Waals surface area contributed by atoms with Gasteiger partial charge >= 0.3 is 0 Å². The lowest BCUT2D eigenvalue weighted by atomic mass is 9.14. The van der Waals surface area contributed by atoms with Gasteiger partial charge in [0.1, 0.15) is 51.5 Å². The molecular formula is C53H58BO4P. The van der Waals surface area contributed by atoms with Crippen LogP contribution in [0.2, 0.25) is 6.32 Å². The summed E-state index contributed by atoms with van der Waals surface area (Å²) < 4.78 is 21.8. The third-order valence-electron chi connectivity index (χ3n) is 11.8. The number of ether oxygens (including phenoxy) is 4. The molecular weight excluding hydrogens is 742 g/mol. The predicted octanol–water partition coefficient (Wildman–Crippen LogP) is 9.22. The summed E-state index contributed by atoms with van der Waals surface area (Å²) in [4.78, 5) is 0. The highest BCUT2D eigenvalue weighted by Gasteiger charge is 2.48. The minimum atomic E-state index is -2.25. The molecule has 0 radical (unpaired) electrons. The summed E-state index contributed by atoms with van der Waals surface area (Å²) in [5.74, 6) is 3.32. The van der Waals surface area contributed by atoms with Gasteiger partial charge in [0.25, 0.3) is 0 Å². The van der Waals surface area contributed by atoms with Crippen molar-refractivity contribution < 1.29 is 18.9 Å². The second kappa shape index (κ2) is 19.8. The van der Waals surface area contributed by atoms with Crippen LogP contribution in [0.3, 0.4) is 0 Å². The Hall–Kier alpha value is -5.77. The third kappa shape index (κ3) is 9.27. The van der Waals surface area contributed by atoms with E-state index in [9.17, 15) is 0 Å². The van der Waals surface area contributed by atoms with Crippen LogP contribution in [0.4, 0.5) is 0 Å². The number of benzene rings is 7. The van der Waals surface area contributed by atoms with E-state index in [1.165, 1.54) is 73.5 Å². The molecule has 0 N–H and O–H groups in total. The minimum Gasteiger partial charge on any atom is -0.497 e. The summed E-state index contributed by atoms with van der Waals surface area (Å²) in [6.45, 7) is 8.80. The Kier molecular flexibility index (Phi) is 14.4. The fraction of sp³-hybridized carbons (Fsp3) is 0.208. The Balaban J connectivity index is 0.000000204. The van der Waals surface area contributed by atoms with Gasteiger partial charge in [0.05, 0.1) is 34.6 Å². The second-order valence-electron chi connectivity index (χ2n) is 15.4. The molecule has 7 rings (SSSR count). The molecule has 7 aromatic rings. The van der Waals surface area contributed by atoms with Gasteiger partial charge in [-0.15, -0.1) is 0 Å². The van der Waals surface area contributed by atoms with E-state index in [-0.39, 0.29) is 0 Å². The molecule has 0 saturated carbocycles. The van der Waals surface area contributed by atoms with E-state index < -0.39 is 13.4 Å².